The minimum Gasteiger partial charge on any atom is -0.507 e. The first-order valence-electron chi connectivity index (χ1n) is 6.81. The summed E-state index contributed by atoms with van der Waals surface area (Å²) < 4.78 is 0. The molecule has 19 heavy (non-hydrogen) atoms. The number of nitrogens with one attached hydrogen (secondary N) is 2. The molecule has 1 aromatic carbocycles. The Balaban J connectivity index is 2.32. The van der Waals surface area contributed by atoms with E-state index in [2.05, 4.69) is 10.6 Å². The monoisotopic (exact) mass is 264 g/mol. The highest BCUT2D eigenvalue weighted by Gasteiger charge is 2.04. The summed E-state index contributed by atoms with van der Waals surface area (Å²) in [4.78, 5) is 11.4. The molecule has 0 atom stereocenters. The zero-order valence-corrected chi connectivity index (χ0v) is 12.0. The predicted molar refractivity (Wildman–Crippen MR) is 77.2 cm³/mol. The van der Waals surface area contributed by atoms with Gasteiger partial charge < -0.3 is 15.7 Å². The van der Waals surface area contributed by atoms with Gasteiger partial charge in [0, 0.05) is 26.1 Å². The van der Waals surface area contributed by atoms with Crippen molar-refractivity contribution in [2.24, 2.45) is 0 Å². The number of phenolic OH excluding ortho intramolecular Hbond substituents is 1. The molecule has 0 unspecified atom stereocenters. The van der Waals surface area contributed by atoms with Crippen molar-refractivity contribution >= 4 is 5.91 Å². The summed E-state index contributed by atoms with van der Waals surface area (Å²) in [6.45, 7) is 7.94. The molecule has 1 rings (SSSR count). The summed E-state index contributed by atoms with van der Waals surface area (Å²) in [7, 11) is 0. The van der Waals surface area contributed by atoms with Gasteiger partial charge in [0.1, 0.15) is 5.75 Å². The lowest BCUT2D eigenvalue weighted by Gasteiger charge is -2.09. The van der Waals surface area contributed by atoms with E-state index in [9.17, 15) is 9.90 Å². The summed E-state index contributed by atoms with van der Waals surface area (Å²) in [6.07, 6.45) is 1.46. The summed E-state index contributed by atoms with van der Waals surface area (Å²) >= 11 is 0. The molecule has 0 saturated carbocycles. The number of aryl methyl sites for hydroxylation is 2. The Hall–Kier alpha value is -1.55. The summed E-state index contributed by atoms with van der Waals surface area (Å²) in [5.74, 6) is 0.454. The van der Waals surface area contributed by atoms with E-state index in [1.54, 1.807) is 0 Å². The molecule has 0 bridgehead atoms. The van der Waals surface area contributed by atoms with E-state index < -0.39 is 0 Å². The largest absolute Gasteiger partial charge is 0.507 e. The molecule has 1 aromatic rings. The number of rotatable bonds is 7. The quantitative estimate of drug-likeness (QED) is 0.660. The molecule has 0 radical (unpaired) electrons. The van der Waals surface area contributed by atoms with Gasteiger partial charge >= 0.3 is 0 Å². The molecule has 4 heteroatoms. The third-order valence-corrected chi connectivity index (χ3v) is 2.98. The highest BCUT2D eigenvalue weighted by atomic mass is 16.3. The second-order valence-corrected chi connectivity index (χ2v) is 4.85. The lowest BCUT2D eigenvalue weighted by Crippen LogP contribution is -2.28. The van der Waals surface area contributed by atoms with Gasteiger partial charge in [-0.15, -0.1) is 0 Å². The number of benzene rings is 1. The smallest absolute Gasteiger partial charge is 0.221 e. The fourth-order valence-corrected chi connectivity index (χ4v) is 1.94. The summed E-state index contributed by atoms with van der Waals surface area (Å²) in [5, 5.41) is 15.8. The van der Waals surface area contributed by atoms with Gasteiger partial charge in [0.2, 0.25) is 5.91 Å². The Labute approximate surface area is 115 Å². The van der Waals surface area contributed by atoms with Crippen molar-refractivity contribution in [3.05, 3.63) is 28.8 Å². The van der Waals surface area contributed by atoms with Crippen LogP contribution in [0.1, 0.15) is 36.5 Å². The lowest BCUT2D eigenvalue weighted by molar-refractivity contribution is -0.120. The van der Waals surface area contributed by atoms with Gasteiger partial charge in [0.25, 0.3) is 0 Å². The summed E-state index contributed by atoms with van der Waals surface area (Å²) in [6, 6.07) is 3.93. The predicted octanol–water partition coefficient (Wildman–Crippen LogP) is 2.01. The van der Waals surface area contributed by atoms with Crippen molar-refractivity contribution in [2.45, 2.75) is 40.2 Å². The average Bonchev–Trinajstić information content (AvgIpc) is 2.38. The van der Waals surface area contributed by atoms with Gasteiger partial charge in [-0.25, -0.2) is 0 Å². The average molecular weight is 264 g/mol. The highest BCUT2D eigenvalue weighted by molar-refractivity contribution is 5.75. The van der Waals surface area contributed by atoms with Crippen molar-refractivity contribution in [1.82, 2.24) is 10.6 Å². The number of amides is 1. The number of phenols is 1. The molecular weight excluding hydrogens is 240 g/mol. The molecule has 3 N–H and O–H groups in total. The lowest BCUT2D eigenvalue weighted by atomic mass is 10.1. The molecule has 0 aliphatic carbocycles. The van der Waals surface area contributed by atoms with Gasteiger partial charge in [0.05, 0.1) is 0 Å². The van der Waals surface area contributed by atoms with Crippen LogP contribution in [0.4, 0.5) is 0 Å². The molecule has 1 amide bonds. The molecule has 0 saturated heterocycles. The number of hydrogen-bond acceptors (Lipinski definition) is 3. The molecule has 4 nitrogen and oxygen atoms in total. The SMILES string of the molecule is CCCNC(=O)CCNCc1cc(C)c(O)c(C)c1. The van der Waals surface area contributed by atoms with E-state index in [0.29, 0.717) is 25.3 Å². The van der Waals surface area contributed by atoms with Crippen molar-refractivity contribution in [3.63, 3.8) is 0 Å². The molecule has 0 aliphatic rings. The van der Waals surface area contributed by atoms with Crippen LogP contribution in [-0.4, -0.2) is 24.1 Å². The number of hydrogen-bond donors (Lipinski definition) is 3. The Morgan fingerprint density at radius 2 is 1.84 bits per heavy atom. The second kappa shape index (κ2) is 7.79. The maximum atomic E-state index is 11.4. The van der Waals surface area contributed by atoms with E-state index in [4.69, 9.17) is 0 Å². The van der Waals surface area contributed by atoms with Crippen LogP contribution in [0.5, 0.6) is 5.75 Å². The Bertz CT molecular complexity index is 407. The van der Waals surface area contributed by atoms with Crippen LogP contribution < -0.4 is 10.6 Å². The van der Waals surface area contributed by atoms with Crippen LogP contribution in [0.15, 0.2) is 12.1 Å². The minimum absolute atomic E-state index is 0.0902. The summed E-state index contributed by atoms with van der Waals surface area (Å²) in [5.41, 5.74) is 2.90. The highest BCUT2D eigenvalue weighted by Crippen LogP contribution is 2.22. The van der Waals surface area contributed by atoms with Gasteiger partial charge in [-0.05, 0) is 37.0 Å². The third-order valence-electron chi connectivity index (χ3n) is 2.98. The van der Waals surface area contributed by atoms with E-state index in [1.165, 1.54) is 0 Å². The second-order valence-electron chi connectivity index (χ2n) is 4.85. The zero-order chi connectivity index (χ0) is 14.3. The van der Waals surface area contributed by atoms with Crippen molar-refractivity contribution in [2.75, 3.05) is 13.1 Å². The topological polar surface area (TPSA) is 61.4 Å². The van der Waals surface area contributed by atoms with E-state index in [1.807, 2.05) is 32.9 Å². The van der Waals surface area contributed by atoms with E-state index in [-0.39, 0.29) is 5.91 Å². The van der Waals surface area contributed by atoms with Crippen LogP contribution in [0.25, 0.3) is 0 Å². The van der Waals surface area contributed by atoms with Crippen LogP contribution >= 0.6 is 0 Å². The van der Waals surface area contributed by atoms with Gasteiger partial charge in [-0.2, -0.15) is 0 Å². The molecule has 106 valence electrons. The van der Waals surface area contributed by atoms with Crippen LogP contribution in [0.3, 0.4) is 0 Å². The fraction of sp³-hybridized carbons (Fsp3) is 0.533. The van der Waals surface area contributed by atoms with Crippen molar-refractivity contribution in [3.8, 4) is 5.75 Å². The van der Waals surface area contributed by atoms with Crippen LogP contribution in [-0.2, 0) is 11.3 Å². The fourth-order valence-electron chi connectivity index (χ4n) is 1.94. The van der Waals surface area contributed by atoms with Crippen LogP contribution in [0.2, 0.25) is 0 Å². The first kappa shape index (κ1) is 15.5. The van der Waals surface area contributed by atoms with Crippen molar-refractivity contribution in [1.29, 1.82) is 0 Å². The first-order chi connectivity index (χ1) is 9.04. The maximum absolute atomic E-state index is 11.4. The van der Waals surface area contributed by atoms with Crippen molar-refractivity contribution < 1.29 is 9.90 Å². The number of aromatic hydroxyl groups is 1. The Morgan fingerprint density at radius 1 is 1.21 bits per heavy atom. The van der Waals surface area contributed by atoms with E-state index in [0.717, 1.165) is 29.7 Å². The maximum Gasteiger partial charge on any atom is 0.221 e. The molecule has 0 aromatic heterocycles. The number of carbonyl (C=O) groups is 1. The molecule has 0 heterocycles. The molecule has 0 spiro atoms. The normalized spacial score (nSPS) is 10.5. The Kier molecular flexibility index (Phi) is 6.36. The minimum atomic E-state index is 0.0902. The molecule has 0 fully saturated rings. The first-order valence-corrected chi connectivity index (χ1v) is 6.81. The van der Waals surface area contributed by atoms with E-state index >= 15 is 0 Å². The van der Waals surface area contributed by atoms with Gasteiger partial charge in [0.15, 0.2) is 0 Å². The third kappa shape index (κ3) is 5.30. The number of carbonyl (C=O) groups excluding carboxylic acids is 1. The molecule has 0 aliphatic heterocycles. The standard InChI is InChI=1S/C15H24N2O2/c1-4-6-17-14(18)5-7-16-10-13-8-11(2)15(19)12(3)9-13/h8-9,16,19H,4-7,10H2,1-3H3,(H,17,18). The van der Waals surface area contributed by atoms with Gasteiger partial charge in [-0.1, -0.05) is 19.1 Å². The molecular formula is C15H24N2O2. The Morgan fingerprint density at radius 3 is 2.42 bits per heavy atom. The van der Waals surface area contributed by atoms with Gasteiger partial charge in [-0.3, -0.25) is 4.79 Å². The zero-order valence-electron chi connectivity index (χ0n) is 12.0. The van der Waals surface area contributed by atoms with Crippen LogP contribution in [0, 0.1) is 13.8 Å².